The summed E-state index contributed by atoms with van der Waals surface area (Å²) in [7, 11) is 0. The Hall–Kier alpha value is -1.90. The average Bonchev–Trinajstić information content (AvgIpc) is 2.93. The smallest absolute Gasteiger partial charge is 0.120 e. The number of hydrogen-bond donors (Lipinski definition) is 0. The van der Waals surface area contributed by atoms with E-state index in [1.807, 2.05) is 18.6 Å². The lowest BCUT2D eigenvalue weighted by Crippen LogP contribution is -2.04. The minimum absolute atomic E-state index is 0.443. The van der Waals surface area contributed by atoms with Crippen LogP contribution in [0, 0.1) is 0 Å². The molecule has 1 atom stereocenters. The van der Waals surface area contributed by atoms with E-state index in [1.165, 1.54) is 5.56 Å². The summed E-state index contributed by atoms with van der Waals surface area (Å²) in [6.07, 6.45) is 9.19. The van der Waals surface area contributed by atoms with Crippen LogP contribution in [0.4, 0.5) is 0 Å². The first-order chi connectivity index (χ1) is 8.90. The van der Waals surface area contributed by atoms with Crippen molar-refractivity contribution in [3.63, 3.8) is 0 Å². The number of aldehydes is 1. The Morgan fingerprint density at radius 1 is 1.22 bits per heavy atom. The van der Waals surface area contributed by atoms with Crippen LogP contribution in [0.2, 0.25) is 0 Å². The van der Waals surface area contributed by atoms with Gasteiger partial charge in [0, 0.05) is 25.4 Å². The van der Waals surface area contributed by atoms with E-state index in [9.17, 15) is 4.79 Å². The van der Waals surface area contributed by atoms with Crippen molar-refractivity contribution in [1.82, 2.24) is 9.55 Å². The van der Waals surface area contributed by atoms with Crippen molar-refractivity contribution in [2.45, 2.75) is 31.7 Å². The van der Waals surface area contributed by atoms with Gasteiger partial charge in [-0.2, -0.15) is 0 Å². The van der Waals surface area contributed by atoms with E-state index < -0.39 is 0 Å². The Balaban J connectivity index is 1.98. The van der Waals surface area contributed by atoms with Crippen LogP contribution < -0.4 is 0 Å². The normalized spacial score (nSPS) is 12.2. The summed E-state index contributed by atoms with van der Waals surface area (Å²) in [5.74, 6) is 0.443. The van der Waals surface area contributed by atoms with Gasteiger partial charge < -0.3 is 9.36 Å². The maximum atomic E-state index is 10.6. The lowest BCUT2D eigenvalue weighted by Gasteiger charge is -2.16. The summed E-state index contributed by atoms with van der Waals surface area (Å²) in [5, 5.41) is 0. The lowest BCUT2D eigenvalue weighted by molar-refractivity contribution is -0.108. The molecular weight excluding hydrogens is 224 g/mol. The molecule has 3 nitrogen and oxygen atoms in total. The predicted octanol–water partition coefficient (Wildman–Crippen LogP) is 3.04. The number of aromatic nitrogens is 2. The molecule has 1 aromatic heterocycles. The van der Waals surface area contributed by atoms with Crippen LogP contribution in [0.5, 0.6) is 0 Å². The highest BCUT2D eigenvalue weighted by atomic mass is 16.1. The predicted molar refractivity (Wildman–Crippen MR) is 71.3 cm³/mol. The molecular formula is C15H18N2O. The van der Waals surface area contributed by atoms with Crippen LogP contribution in [-0.2, 0) is 11.3 Å². The molecule has 0 fully saturated rings. The third-order valence-corrected chi connectivity index (χ3v) is 3.20. The third kappa shape index (κ3) is 3.55. The van der Waals surface area contributed by atoms with Crippen LogP contribution in [0.3, 0.4) is 0 Å². The van der Waals surface area contributed by atoms with Gasteiger partial charge >= 0.3 is 0 Å². The molecule has 3 heteroatoms. The first kappa shape index (κ1) is 12.6. The van der Waals surface area contributed by atoms with E-state index in [2.05, 4.69) is 33.8 Å². The minimum Gasteiger partial charge on any atom is -0.337 e. The van der Waals surface area contributed by atoms with Crippen molar-refractivity contribution in [2.75, 3.05) is 0 Å². The van der Waals surface area contributed by atoms with Gasteiger partial charge in [-0.15, -0.1) is 0 Å². The quantitative estimate of drug-likeness (QED) is 0.699. The van der Waals surface area contributed by atoms with Crippen molar-refractivity contribution in [3.05, 3.63) is 54.6 Å². The summed E-state index contributed by atoms with van der Waals surface area (Å²) in [5.41, 5.74) is 1.32. The van der Waals surface area contributed by atoms with Gasteiger partial charge in [-0.05, 0) is 24.3 Å². The molecule has 94 valence electrons. The Morgan fingerprint density at radius 3 is 2.72 bits per heavy atom. The second-order valence-corrected chi connectivity index (χ2v) is 4.44. The van der Waals surface area contributed by atoms with Gasteiger partial charge in [0.05, 0.1) is 6.33 Å². The van der Waals surface area contributed by atoms with Gasteiger partial charge in [0.2, 0.25) is 0 Å². The molecule has 0 saturated heterocycles. The molecule has 0 amide bonds. The average molecular weight is 242 g/mol. The van der Waals surface area contributed by atoms with Gasteiger partial charge in [-0.1, -0.05) is 30.3 Å². The molecule has 0 aliphatic rings. The van der Waals surface area contributed by atoms with Crippen LogP contribution in [-0.4, -0.2) is 15.8 Å². The zero-order valence-corrected chi connectivity index (χ0v) is 10.4. The summed E-state index contributed by atoms with van der Waals surface area (Å²) in [6.45, 7) is 0.943. The molecule has 0 aliphatic carbocycles. The molecule has 0 aliphatic heterocycles. The van der Waals surface area contributed by atoms with E-state index in [1.54, 1.807) is 6.20 Å². The molecule has 18 heavy (non-hydrogen) atoms. The first-order valence-corrected chi connectivity index (χ1v) is 6.34. The van der Waals surface area contributed by atoms with Gasteiger partial charge in [-0.3, -0.25) is 0 Å². The number of aryl methyl sites for hydroxylation is 1. The van der Waals surface area contributed by atoms with Gasteiger partial charge in [0.25, 0.3) is 0 Å². The number of nitrogens with zero attached hydrogens (tertiary/aromatic N) is 2. The SMILES string of the molecule is O=CCCC(CCn1ccnc1)c1ccccc1. The molecule has 1 unspecified atom stereocenters. The highest BCUT2D eigenvalue weighted by Gasteiger charge is 2.10. The first-order valence-electron chi connectivity index (χ1n) is 6.34. The Labute approximate surface area is 107 Å². The van der Waals surface area contributed by atoms with Crippen molar-refractivity contribution >= 4 is 6.29 Å². The second-order valence-electron chi connectivity index (χ2n) is 4.44. The highest BCUT2D eigenvalue weighted by Crippen LogP contribution is 2.24. The molecule has 1 heterocycles. The van der Waals surface area contributed by atoms with E-state index in [0.717, 1.165) is 25.7 Å². The van der Waals surface area contributed by atoms with Crippen LogP contribution in [0.15, 0.2) is 49.1 Å². The second kappa shape index (κ2) is 6.74. The van der Waals surface area contributed by atoms with Crippen molar-refractivity contribution in [1.29, 1.82) is 0 Å². The maximum Gasteiger partial charge on any atom is 0.120 e. The Morgan fingerprint density at radius 2 is 2.06 bits per heavy atom. The summed E-state index contributed by atoms with van der Waals surface area (Å²) in [4.78, 5) is 14.6. The Kier molecular flexibility index (Phi) is 4.70. The number of imidazole rings is 1. The number of carbonyl (C=O) groups excluding carboxylic acids is 1. The van der Waals surface area contributed by atoms with E-state index >= 15 is 0 Å². The van der Waals surface area contributed by atoms with Crippen LogP contribution in [0.25, 0.3) is 0 Å². The number of benzene rings is 1. The molecule has 0 N–H and O–H groups in total. The number of hydrogen-bond acceptors (Lipinski definition) is 2. The lowest BCUT2D eigenvalue weighted by atomic mass is 9.91. The van der Waals surface area contributed by atoms with E-state index in [4.69, 9.17) is 0 Å². The number of rotatable bonds is 7. The van der Waals surface area contributed by atoms with Gasteiger partial charge in [0.15, 0.2) is 0 Å². The summed E-state index contributed by atoms with van der Waals surface area (Å²) in [6, 6.07) is 10.4. The fourth-order valence-corrected chi connectivity index (χ4v) is 2.20. The molecule has 2 aromatic rings. The summed E-state index contributed by atoms with van der Waals surface area (Å²) >= 11 is 0. The van der Waals surface area contributed by atoms with Crippen LogP contribution in [0.1, 0.15) is 30.7 Å². The van der Waals surface area contributed by atoms with E-state index in [-0.39, 0.29) is 0 Å². The standard InChI is InChI=1S/C15H18N2O/c18-12-4-7-15(14-5-2-1-3-6-14)8-10-17-11-9-16-13-17/h1-3,5-6,9,11-13,15H,4,7-8,10H2. The maximum absolute atomic E-state index is 10.6. The van der Waals surface area contributed by atoms with Gasteiger partial charge in [0.1, 0.15) is 6.29 Å². The summed E-state index contributed by atoms with van der Waals surface area (Å²) < 4.78 is 2.08. The minimum atomic E-state index is 0.443. The zero-order chi connectivity index (χ0) is 12.6. The van der Waals surface area contributed by atoms with Crippen molar-refractivity contribution in [3.8, 4) is 0 Å². The zero-order valence-electron chi connectivity index (χ0n) is 10.4. The fourth-order valence-electron chi connectivity index (χ4n) is 2.20. The molecule has 0 saturated carbocycles. The monoisotopic (exact) mass is 242 g/mol. The fraction of sp³-hybridized carbons (Fsp3) is 0.333. The molecule has 0 spiro atoms. The topological polar surface area (TPSA) is 34.9 Å². The van der Waals surface area contributed by atoms with Crippen molar-refractivity contribution < 1.29 is 4.79 Å². The van der Waals surface area contributed by atoms with Crippen molar-refractivity contribution in [2.24, 2.45) is 0 Å². The molecule has 0 radical (unpaired) electrons. The van der Waals surface area contributed by atoms with E-state index in [0.29, 0.717) is 12.3 Å². The Bertz CT molecular complexity index is 451. The molecule has 2 rings (SSSR count). The molecule has 1 aromatic carbocycles. The largest absolute Gasteiger partial charge is 0.337 e. The third-order valence-electron chi connectivity index (χ3n) is 3.20. The number of carbonyl (C=O) groups is 1. The molecule has 0 bridgehead atoms. The van der Waals surface area contributed by atoms with Crippen LogP contribution >= 0.6 is 0 Å². The van der Waals surface area contributed by atoms with Gasteiger partial charge in [-0.25, -0.2) is 4.98 Å². The highest BCUT2D eigenvalue weighted by molar-refractivity contribution is 5.49.